The molecule has 0 radical (unpaired) electrons. The number of carbonyl (C=O) groups is 1. The van der Waals surface area contributed by atoms with Crippen molar-refractivity contribution in [2.24, 2.45) is 0 Å². The molecule has 2 heterocycles. The lowest BCUT2D eigenvalue weighted by Crippen LogP contribution is -1.92. The first-order valence-electron chi connectivity index (χ1n) is 7.00. The maximum absolute atomic E-state index is 10.6. The van der Waals surface area contributed by atoms with E-state index in [-0.39, 0.29) is 0 Å². The van der Waals surface area contributed by atoms with E-state index in [1.165, 1.54) is 12.8 Å². The number of pyridine rings is 1. The fraction of sp³-hybridized carbons (Fsp3) is 0.188. The Morgan fingerprint density at radius 2 is 2.14 bits per heavy atom. The molecule has 2 N–H and O–H groups in total. The van der Waals surface area contributed by atoms with Crippen LogP contribution in [0.1, 0.15) is 24.5 Å². The number of hydrogen-bond donors (Lipinski definition) is 2. The molecule has 1 amide bonds. The Bertz CT molecular complexity index is 820. The van der Waals surface area contributed by atoms with Crippen LogP contribution >= 0.6 is 0 Å². The highest BCUT2D eigenvalue weighted by atomic mass is 16.1. The van der Waals surface area contributed by atoms with Crippen LogP contribution in [0.4, 0.5) is 5.69 Å². The summed E-state index contributed by atoms with van der Waals surface area (Å²) in [5, 5.41) is 11.1. The molecule has 0 spiro atoms. The fourth-order valence-corrected chi connectivity index (χ4v) is 2.59. The van der Waals surface area contributed by atoms with E-state index in [0.717, 1.165) is 33.5 Å². The van der Waals surface area contributed by atoms with E-state index in [2.05, 4.69) is 26.6 Å². The Morgan fingerprint density at radius 1 is 1.24 bits per heavy atom. The minimum absolute atomic E-state index is 0.613. The van der Waals surface area contributed by atoms with Gasteiger partial charge in [-0.25, -0.2) is 0 Å². The van der Waals surface area contributed by atoms with Gasteiger partial charge in [-0.15, -0.1) is 0 Å². The molecule has 104 valence electrons. The molecule has 4 rings (SSSR count). The number of hydrogen-bond acceptors (Lipinski definition) is 3. The standard InChI is InChI=1S/C16H14N4O/c21-9-18-12-3-4-14-13(8-12)16(20-19-14)11-5-6-17-15(7-11)10-1-2-10/h3-10H,1-2H2,(H,18,21)(H,19,20). The third kappa shape index (κ3) is 2.16. The van der Waals surface area contributed by atoms with Crippen molar-refractivity contribution in [3.63, 3.8) is 0 Å². The monoisotopic (exact) mass is 278 g/mol. The van der Waals surface area contributed by atoms with Gasteiger partial charge in [-0.05, 0) is 43.2 Å². The summed E-state index contributed by atoms with van der Waals surface area (Å²) >= 11 is 0. The van der Waals surface area contributed by atoms with E-state index in [1.807, 2.05) is 30.5 Å². The summed E-state index contributed by atoms with van der Waals surface area (Å²) in [6.45, 7) is 0. The number of carbonyl (C=O) groups excluding carboxylic acids is 1. The van der Waals surface area contributed by atoms with E-state index in [1.54, 1.807) is 0 Å². The first-order valence-corrected chi connectivity index (χ1v) is 7.00. The molecule has 2 aromatic heterocycles. The van der Waals surface area contributed by atoms with Crippen molar-refractivity contribution in [3.8, 4) is 11.3 Å². The van der Waals surface area contributed by atoms with E-state index in [4.69, 9.17) is 0 Å². The smallest absolute Gasteiger partial charge is 0.211 e. The molecular weight excluding hydrogens is 264 g/mol. The van der Waals surface area contributed by atoms with Crippen molar-refractivity contribution in [2.45, 2.75) is 18.8 Å². The SMILES string of the molecule is O=CNc1ccc2[nH]nc(-c3ccnc(C4CC4)c3)c2c1. The second-order valence-corrected chi connectivity index (χ2v) is 5.34. The Morgan fingerprint density at radius 3 is 2.95 bits per heavy atom. The highest BCUT2D eigenvalue weighted by Gasteiger charge is 2.25. The van der Waals surface area contributed by atoms with Crippen molar-refractivity contribution in [1.29, 1.82) is 0 Å². The Hall–Kier alpha value is -2.69. The van der Waals surface area contributed by atoms with Crippen molar-refractivity contribution in [1.82, 2.24) is 15.2 Å². The number of nitrogens with one attached hydrogen (secondary N) is 2. The number of fused-ring (bicyclic) bond motifs is 1. The third-order valence-corrected chi connectivity index (χ3v) is 3.84. The number of amides is 1. The number of aromatic amines is 1. The molecule has 5 heteroatoms. The van der Waals surface area contributed by atoms with Gasteiger partial charge in [-0.1, -0.05) is 0 Å². The molecule has 1 aliphatic rings. The molecule has 0 unspecified atom stereocenters. The van der Waals surface area contributed by atoms with E-state index >= 15 is 0 Å². The topological polar surface area (TPSA) is 70.7 Å². The number of anilines is 1. The van der Waals surface area contributed by atoms with Gasteiger partial charge in [-0.3, -0.25) is 14.9 Å². The average molecular weight is 278 g/mol. The van der Waals surface area contributed by atoms with Crippen LogP contribution in [-0.4, -0.2) is 21.6 Å². The van der Waals surface area contributed by atoms with Gasteiger partial charge in [0.05, 0.1) is 5.52 Å². The highest BCUT2D eigenvalue weighted by molar-refractivity contribution is 5.95. The van der Waals surface area contributed by atoms with Crippen LogP contribution in [0.2, 0.25) is 0 Å². The molecule has 1 aliphatic carbocycles. The second kappa shape index (κ2) is 4.70. The molecule has 21 heavy (non-hydrogen) atoms. The number of rotatable bonds is 4. The van der Waals surface area contributed by atoms with Gasteiger partial charge < -0.3 is 5.32 Å². The van der Waals surface area contributed by atoms with E-state index < -0.39 is 0 Å². The van der Waals surface area contributed by atoms with Gasteiger partial charge in [0.25, 0.3) is 0 Å². The van der Waals surface area contributed by atoms with Gasteiger partial charge >= 0.3 is 0 Å². The van der Waals surface area contributed by atoms with Crippen LogP contribution in [-0.2, 0) is 4.79 Å². The molecule has 1 saturated carbocycles. The molecule has 0 saturated heterocycles. The largest absolute Gasteiger partial charge is 0.329 e. The Balaban J connectivity index is 1.83. The molecule has 5 nitrogen and oxygen atoms in total. The van der Waals surface area contributed by atoms with Gasteiger partial charge in [0.1, 0.15) is 5.69 Å². The van der Waals surface area contributed by atoms with Crippen molar-refractivity contribution < 1.29 is 4.79 Å². The first kappa shape index (κ1) is 12.1. The van der Waals surface area contributed by atoms with Gasteiger partial charge in [0.15, 0.2) is 0 Å². The average Bonchev–Trinajstić information content (AvgIpc) is 3.28. The lowest BCUT2D eigenvalue weighted by molar-refractivity contribution is -0.105. The molecule has 0 aliphatic heterocycles. The number of aromatic nitrogens is 3. The quantitative estimate of drug-likeness (QED) is 0.720. The van der Waals surface area contributed by atoms with Gasteiger partial charge in [0, 0.05) is 34.4 Å². The Kier molecular flexibility index (Phi) is 2.70. The molecule has 0 atom stereocenters. The van der Waals surface area contributed by atoms with E-state index in [9.17, 15) is 4.79 Å². The number of benzene rings is 1. The highest BCUT2D eigenvalue weighted by Crippen LogP contribution is 2.40. The predicted molar refractivity (Wildman–Crippen MR) is 81.0 cm³/mol. The lowest BCUT2D eigenvalue weighted by Gasteiger charge is -2.03. The van der Waals surface area contributed by atoms with Gasteiger partial charge in [-0.2, -0.15) is 5.10 Å². The maximum atomic E-state index is 10.6. The number of nitrogens with zero attached hydrogens (tertiary/aromatic N) is 2. The normalized spacial score (nSPS) is 14.3. The third-order valence-electron chi connectivity index (χ3n) is 3.84. The van der Waals surface area contributed by atoms with Crippen LogP contribution in [0.15, 0.2) is 36.5 Å². The molecular formula is C16H14N4O. The Labute approximate surface area is 121 Å². The van der Waals surface area contributed by atoms with Crippen molar-refractivity contribution >= 4 is 23.0 Å². The van der Waals surface area contributed by atoms with E-state index in [0.29, 0.717) is 12.3 Å². The van der Waals surface area contributed by atoms with Crippen molar-refractivity contribution in [2.75, 3.05) is 5.32 Å². The van der Waals surface area contributed by atoms with Crippen LogP contribution in [0.5, 0.6) is 0 Å². The minimum Gasteiger partial charge on any atom is -0.329 e. The summed E-state index contributed by atoms with van der Waals surface area (Å²) in [6, 6.07) is 9.79. The molecule has 1 fully saturated rings. The summed E-state index contributed by atoms with van der Waals surface area (Å²) in [5.74, 6) is 0.613. The zero-order valence-electron chi connectivity index (χ0n) is 11.3. The fourth-order valence-electron chi connectivity index (χ4n) is 2.59. The van der Waals surface area contributed by atoms with Gasteiger partial charge in [0.2, 0.25) is 6.41 Å². The summed E-state index contributed by atoms with van der Waals surface area (Å²) < 4.78 is 0. The summed E-state index contributed by atoms with van der Waals surface area (Å²) in [4.78, 5) is 15.0. The maximum Gasteiger partial charge on any atom is 0.211 e. The lowest BCUT2D eigenvalue weighted by atomic mass is 10.1. The zero-order chi connectivity index (χ0) is 14.2. The predicted octanol–water partition coefficient (Wildman–Crippen LogP) is 3.07. The van der Waals surface area contributed by atoms with Crippen molar-refractivity contribution in [3.05, 3.63) is 42.2 Å². The first-order chi connectivity index (χ1) is 10.3. The van der Waals surface area contributed by atoms with Crippen LogP contribution < -0.4 is 5.32 Å². The second-order valence-electron chi connectivity index (χ2n) is 5.34. The summed E-state index contributed by atoms with van der Waals surface area (Å²) in [7, 11) is 0. The number of H-pyrrole nitrogens is 1. The zero-order valence-corrected chi connectivity index (χ0v) is 11.3. The molecule has 3 aromatic rings. The molecule has 0 bridgehead atoms. The summed E-state index contributed by atoms with van der Waals surface area (Å²) in [5.41, 5.74) is 4.80. The minimum atomic E-state index is 0.613. The summed E-state index contributed by atoms with van der Waals surface area (Å²) in [6.07, 6.45) is 4.98. The molecule has 1 aromatic carbocycles. The van der Waals surface area contributed by atoms with Crippen LogP contribution in [0.25, 0.3) is 22.2 Å². The van der Waals surface area contributed by atoms with Crippen LogP contribution in [0, 0.1) is 0 Å². The van der Waals surface area contributed by atoms with Crippen LogP contribution in [0.3, 0.4) is 0 Å².